The van der Waals surface area contributed by atoms with Gasteiger partial charge < -0.3 is 9.47 Å². The predicted molar refractivity (Wildman–Crippen MR) is 77.0 cm³/mol. The van der Waals surface area contributed by atoms with Crippen molar-refractivity contribution in [3.05, 3.63) is 25.3 Å². The first-order valence-corrected chi connectivity index (χ1v) is 6.93. The van der Waals surface area contributed by atoms with Crippen LogP contribution in [0.2, 0.25) is 0 Å². The molecule has 20 heavy (non-hydrogen) atoms. The van der Waals surface area contributed by atoms with Crippen LogP contribution in [0.1, 0.15) is 46.5 Å². The van der Waals surface area contributed by atoms with E-state index >= 15 is 0 Å². The zero-order valence-electron chi connectivity index (χ0n) is 12.6. The van der Waals surface area contributed by atoms with Crippen molar-refractivity contribution in [1.29, 1.82) is 0 Å². The smallest absolute Gasteiger partial charge is 0.330 e. The van der Waals surface area contributed by atoms with Gasteiger partial charge in [0.05, 0.1) is 0 Å². The van der Waals surface area contributed by atoms with Crippen molar-refractivity contribution < 1.29 is 19.1 Å². The summed E-state index contributed by atoms with van der Waals surface area (Å²) in [4.78, 5) is 22.7. The summed E-state index contributed by atoms with van der Waals surface area (Å²) in [6.45, 7) is 12.6. The molecule has 0 N–H and O–H groups in total. The van der Waals surface area contributed by atoms with Crippen molar-refractivity contribution in [1.82, 2.24) is 0 Å². The SMILES string of the molecule is C=CC(=O)OC1(C)CCC(C(C)(C)OC(=O)C=C)CC1. The highest BCUT2D eigenvalue weighted by atomic mass is 16.6. The third-order valence-electron chi connectivity index (χ3n) is 4.07. The van der Waals surface area contributed by atoms with Crippen LogP contribution in [-0.2, 0) is 19.1 Å². The highest BCUT2D eigenvalue weighted by Crippen LogP contribution is 2.40. The van der Waals surface area contributed by atoms with Crippen LogP contribution in [0, 0.1) is 5.92 Å². The highest BCUT2D eigenvalue weighted by molar-refractivity contribution is 5.82. The van der Waals surface area contributed by atoms with Gasteiger partial charge in [-0.1, -0.05) is 13.2 Å². The van der Waals surface area contributed by atoms with Gasteiger partial charge in [-0.3, -0.25) is 0 Å². The molecule has 0 spiro atoms. The molecule has 0 unspecified atom stereocenters. The summed E-state index contributed by atoms with van der Waals surface area (Å²) in [7, 11) is 0. The summed E-state index contributed by atoms with van der Waals surface area (Å²) in [5, 5.41) is 0. The third-order valence-corrected chi connectivity index (χ3v) is 4.07. The fraction of sp³-hybridized carbons (Fsp3) is 0.625. The van der Waals surface area contributed by atoms with Crippen molar-refractivity contribution in [2.24, 2.45) is 5.92 Å². The van der Waals surface area contributed by atoms with Crippen molar-refractivity contribution in [3.8, 4) is 0 Å². The molecule has 1 aliphatic carbocycles. The van der Waals surface area contributed by atoms with Crippen LogP contribution in [-0.4, -0.2) is 23.1 Å². The van der Waals surface area contributed by atoms with Gasteiger partial charge in [0, 0.05) is 12.2 Å². The maximum absolute atomic E-state index is 11.4. The molecule has 0 radical (unpaired) electrons. The standard InChI is InChI=1S/C16H24O4/c1-6-13(17)19-15(3,4)12-8-10-16(5,11-9-12)20-14(18)7-2/h6-7,12H,1-2,8-11H2,3-5H3. The van der Waals surface area contributed by atoms with Gasteiger partial charge in [0.2, 0.25) is 0 Å². The van der Waals surface area contributed by atoms with Gasteiger partial charge in [-0.2, -0.15) is 0 Å². The summed E-state index contributed by atoms with van der Waals surface area (Å²) >= 11 is 0. The van der Waals surface area contributed by atoms with Crippen molar-refractivity contribution in [2.45, 2.75) is 57.7 Å². The predicted octanol–water partition coefficient (Wildman–Crippen LogP) is 3.17. The van der Waals surface area contributed by atoms with Crippen molar-refractivity contribution in [2.75, 3.05) is 0 Å². The Hall–Kier alpha value is -1.58. The van der Waals surface area contributed by atoms with Gasteiger partial charge >= 0.3 is 11.9 Å². The summed E-state index contributed by atoms with van der Waals surface area (Å²) in [6.07, 6.45) is 5.57. The van der Waals surface area contributed by atoms with Crippen LogP contribution in [0.3, 0.4) is 0 Å². The first-order valence-electron chi connectivity index (χ1n) is 6.93. The molecule has 0 aliphatic heterocycles. The number of carbonyl (C=O) groups excluding carboxylic acids is 2. The lowest BCUT2D eigenvalue weighted by Crippen LogP contribution is -2.43. The zero-order chi connectivity index (χ0) is 15.4. The molecule has 0 amide bonds. The average molecular weight is 280 g/mol. The van der Waals surface area contributed by atoms with E-state index in [-0.39, 0.29) is 11.9 Å². The molecule has 0 bridgehead atoms. The molecule has 0 atom stereocenters. The Morgan fingerprint density at radius 3 is 2.10 bits per heavy atom. The Morgan fingerprint density at radius 2 is 1.65 bits per heavy atom. The second-order valence-electron chi connectivity index (χ2n) is 6.08. The van der Waals surface area contributed by atoms with Gasteiger partial charge in [0.25, 0.3) is 0 Å². The van der Waals surface area contributed by atoms with E-state index in [0.29, 0.717) is 0 Å². The summed E-state index contributed by atoms with van der Waals surface area (Å²) in [5.74, 6) is -0.536. The molecule has 0 heterocycles. The molecule has 1 fully saturated rings. The lowest BCUT2D eigenvalue weighted by Gasteiger charge is -2.42. The Morgan fingerprint density at radius 1 is 1.15 bits per heavy atom. The fourth-order valence-electron chi connectivity index (χ4n) is 2.69. The Balaban J connectivity index is 2.60. The molecular formula is C16H24O4. The zero-order valence-corrected chi connectivity index (χ0v) is 12.6. The molecule has 0 aromatic carbocycles. The summed E-state index contributed by atoms with van der Waals surface area (Å²) < 4.78 is 10.8. The van der Waals surface area contributed by atoms with Gasteiger partial charge in [0.1, 0.15) is 11.2 Å². The molecule has 4 nitrogen and oxygen atoms in total. The van der Waals surface area contributed by atoms with Crippen molar-refractivity contribution >= 4 is 11.9 Å². The number of carbonyl (C=O) groups is 2. The first kappa shape index (κ1) is 16.5. The van der Waals surface area contributed by atoms with Crippen LogP contribution < -0.4 is 0 Å². The number of rotatable bonds is 5. The molecule has 0 aromatic rings. The molecular weight excluding hydrogens is 256 g/mol. The van der Waals surface area contributed by atoms with Gasteiger partial charge in [-0.15, -0.1) is 0 Å². The highest BCUT2D eigenvalue weighted by Gasteiger charge is 2.41. The van der Waals surface area contributed by atoms with E-state index in [1.165, 1.54) is 12.2 Å². The second kappa shape index (κ2) is 6.25. The lowest BCUT2D eigenvalue weighted by molar-refractivity contribution is -0.164. The molecule has 112 valence electrons. The molecule has 0 saturated heterocycles. The van der Waals surface area contributed by atoms with Crippen LogP contribution in [0.4, 0.5) is 0 Å². The third kappa shape index (κ3) is 4.22. The van der Waals surface area contributed by atoms with E-state index in [2.05, 4.69) is 13.2 Å². The molecule has 4 heteroatoms. The minimum atomic E-state index is -0.533. The second-order valence-corrected chi connectivity index (χ2v) is 6.08. The normalized spacial score (nSPS) is 26.4. The average Bonchev–Trinajstić information content (AvgIpc) is 2.38. The molecule has 1 saturated carbocycles. The minimum absolute atomic E-state index is 0.252. The number of esters is 2. The number of hydrogen-bond acceptors (Lipinski definition) is 4. The van der Waals surface area contributed by atoms with E-state index < -0.39 is 17.2 Å². The monoisotopic (exact) mass is 280 g/mol. The Labute approximate surface area is 120 Å². The van der Waals surface area contributed by atoms with Gasteiger partial charge in [-0.25, -0.2) is 9.59 Å². The quantitative estimate of drug-likeness (QED) is 0.573. The number of ether oxygens (including phenoxy) is 2. The maximum Gasteiger partial charge on any atom is 0.330 e. The van der Waals surface area contributed by atoms with E-state index in [1.54, 1.807) is 0 Å². The minimum Gasteiger partial charge on any atom is -0.456 e. The van der Waals surface area contributed by atoms with E-state index in [4.69, 9.17) is 9.47 Å². The largest absolute Gasteiger partial charge is 0.456 e. The van der Waals surface area contributed by atoms with E-state index in [9.17, 15) is 9.59 Å². The Bertz CT molecular complexity index is 401. The summed E-state index contributed by atoms with van der Waals surface area (Å²) in [6, 6.07) is 0. The maximum atomic E-state index is 11.4. The topological polar surface area (TPSA) is 52.6 Å². The van der Waals surface area contributed by atoms with Gasteiger partial charge in [0.15, 0.2) is 0 Å². The Kier molecular flexibility index (Phi) is 5.15. The van der Waals surface area contributed by atoms with E-state index in [0.717, 1.165) is 25.7 Å². The molecule has 1 rings (SSSR count). The van der Waals surface area contributed by atoms with Crippen molar-refractivity contribution in [3.63, 3.8) is 0 Å². The van der Waals surface area contributed by atoms with Gasteiger partial charge in [-0.05, 0) is 52.4 Å². The van der Waals surface area contributed by atoms with Crippen LogP contribution in [0.5, 0.6) is 0 Å². The first-order chi connectivity index (χ1) is 9.22. The molecule has 1 aliphatic rings. The molecule has 0 aromatic heterocycles. The lowest BCUT2D eigenvalue weighted by atomic mass is 9.73. The fourth-order valence-corrected chi connectivity index (χ4v) is 2.69. The van der Waals surface area contributed by atoms with Crippen LogP contribution >= 0.6 is 0 Å². The van der Waals surface area contributed by atoms with Crippen LogP contribution in [0.15, 0.2) is 25.3 Å². The van der Waals surface area contributed by atoms with Crippen LogP contribution in [0.25, 0.3) is 0 Å². The summed E-state index contributed by atoms with van der Waals surface area (Å²) in [5.41, 5.74) is -0.977. The van der Waals surface area contributed by atoms with E-state index in [1.807, 2.05) is 20.8 Å². The number of hydrogen-bond donors (Lipinski definition) is 0.